The van der Waals surface area contributed by atoms with Crippen LogP contribution in [0.4, 0.5) is 5.69 Å². The van der Waals surface area contributed by atoms with Gasteiger partial charge in [-0.3, -0.25) is 18.9 Å². The Hall–Kier alpha value is -3.95. The summed E-state index contributed by atoms with van der Waals surface area (Å²) >= 11 is 5.95. The predicted molar refractivity (Wildman–Crippen MR) is 124 cm³/mol. The van der Waals surface area contributed by atoms with Crippen molar-refractivity contribution in [2.45, 2.75) is 13.1 Å². The second kappa shape index (κ2) is 9.68. The lowest BCUT2D eigenvalue weighted by atomic mass is 10.2. The monoisotopic (exact) mass is 465 g/mol. The Morgan fingerprint density at radius 3 is 2.30 bits per heavy atom. The van der Waals surface area contributed by atoms with Crippen LogP contribution >= 0.6 is 11.6 Å². The van der Waals surface area contributed by atoms with Crippen LogP contribution in [0.2, 0.25) is 5.02 Å². The Bertz CT molecular complexity index is 1510. The third-order valence-corrected chi connectivity index (χ3v) is 5.20. The molecule has 0 spiro atoms. The van der Waals surface area contributed by atoms with Crippen LogP contribution in [-0.4, -0.2) is 30.4 Å². The molecule has 0 aliphatic carbocycles. The van der Waals surface area contributed by atoms with Crippen molar-refractivity contribution in [3.8, 4) is 5.69 Å². The zero-order valence-electron chi connectivity index (χ0n) is 17.4. The molecule has 0 unspecified atom stereocenters. The zero-order chi connectivity index (χ0) is 23.4. The Kier molecular flexibility index (Phi) is 6.53. The summed E-state index contributed by atoms with van der Waals surface area (Å²) in [5, 5.41) is 9.80. The van der Waals surface area contributed by atoms with Crippen LogP contribution in [0.3, 0.4) is 0 Å². The minimum atomic E-state index is -0.674. The molecule has 0 radical (unpaired) electrons. The van der Waals surface area contributed by atoms with E-state index in [2.05, 4.69) is 9.98 Å². The number of aromatic nitrogens is 4. The summed E-state index contributed by atoms with van der Waals surface area (Å²) in [5.74, 6) is 0. The van der Waals surface area contributed by atoms with Gasteiger partial charge in [-0.15, -0.1) is 0 Å². The topological polar surface area (TPSA) is 114 Å². The highest BCUT2D eigenvalue weighted by atomic mass is 35.5. The van der Waals surface area contributed by atoms with E-state index in [1.165, 1.54) is 15.2 Å². The minimum absolute atomic E-state index is 0.0544. The summed E-state index contributed by atoms with van der Waals surface area (Å²) in [4.78, 5) is 44.5. The van der Waals surface area contributed by atoms with Gasteiger partial charge in [0.05, 0.1) is 25.4 Å². The van der Waals surface area contributed by atoms with Gasteiger partial charge < -0.3 is 5.11 Å². The number of aromatic amines is 1. The molecule has 0 atom stereocenters. The first kappa shape index (κ1) is 22.3. The normalized spacial score (nSPS) is 11.6. The average molecular weight is 466 g/mol. The molecule has 0 aliphatic rings. The first-order chi connectivity index (χ1) is 16.0. The number of rotatable bonds is 6. The van der Waals surface area contributed by atoms with Gasteiger partial charge in [0.15, 0.2) is 0 Å². The maximum absolute atomic E-state index is 13.0. The van der Waals surface area contributed by atoms with Crippen molar-refractivity contribution >= 4 is 17.3 Å². The van der Waals surface area contributed by atoms with Gasteiger partial charge in [-0.25, -0.2) is 19.1 Å². The number of H-pyrrole nitrogens is 1. The van der Waals surface area contributed by atoms with E-state index in [0.717, 1.165) is 10.1 Å². The molecule has 168 valence electrons. The number of nitrogens with one attached hydrogen (secondary N) is 1. The standard InChI is InChI=1S/C23H20ClN5O4/c24-17-6-4-16(5-7-17)15-29-21(26-22(32)28(13-14-30)23(29)33)25-18-8-10-19(11-9-18)27-12-2-1-3-20(27)31/h1-12,30H,13-15H2,(H,25,26,32). The molecule has 9 nitrogen and oxygen atoms in total. The van der Waals surface area contributed by atoms with Crippen molar-refractivity contribution in [1.82, 2.24) is 18.7 Å². The first-order valence-corrected chi connectivity index (χ1v) is 10.5. The third-order valence-electron chi connectivity index (χ3n) is 4.94. The maximum atomic E-state index is 13.0. The lowest BCUT2D eigenvalue weighted by Crippen LogP contribution is -2.50. The van der Waals surface area contributed by atoms with Gasteiger partial charge in [-0.2, -0.15) is 0 Å². The van der Waals surface area contributed by atoms with E-state index < -0.39 is 11.4 Å². The quantitative estimate of drug-likeness (QED) is 0.448. The minimum Gasteiger partial charge on any atom is -0.395 e. The smallest absolute Gasteiger partial charge is 0.335 e. The fourth-order valence-corrected chi connectivity index (χ4v) is 3.43. The Balaban J connectivity index is 1.81. The molecule has 0 fully saturated rings. The number of hydrogen-bond donors (Lipinski definition) is 2. The summed E-state index contributed by atoms with van der Waals surface area (Å²) in [6.45, 7) is -0.370. The molecule has 10 heteroatoms. The molecule has 2 N–H and O–H groups in total. The van der Waals surface area contributed by atoms with Crippen LogP contribution in [0.25, 0.3) is 5.69 Å². The molecule has 33 heavy (non-hydrogen) atoms. The average Bonchev–Trinajstić information content (AvgIpc) is 2.81. The van der Waals surface area contributed by atoms with Crippen molar-refractivity contribution in [1.29, 1.82) is 0 Å². The summed E-state index contributed by atoms with van der Waals surface area (Å²) in [6, 6.07) is 18.6. The Morgan fingerprint density at radius 1 is 0.909 bits per heavy atom. The number of aliphatic hydroxyl groups is 1. The highest BCUT2D eigenvalue weighted by Crippen LogP contribution is 2.14. The molecule has 4 aromatic rings. The summed E-state index contributed by atoms with van der Waals surface area (Å²) in [7, 11) is 0. The number of pyridine rings is 1. The molecule has 2 aromatic heterocycles. The van der Waals surface area contributed by atoms with Gasteiger partial charge in [-0.05, 0) is 48.0 Å². The fraction of sp³-hybridized carbons (Fsp3) is 0.130. The van der Waals surface area contributed by atoms with Crippen molar-refractivity contribution in [3.05, 3.63) is 120 Å². The molecule has 0 bridgehead atoms. The molecule has 0 saturated carbocycles. The molecule has 2 heterocycles. The second-order valence-corrected chi connectivity index (χ2v) is 7.60. The van der Waals surface area contributed by atoms with E-state index in [9.17, 15) is 19.5 Å². The van der Waals surface area contributed by atoms with Gasteiger partial charge in [-0.1, -0.05) is 29.8 Å². The summed E-state index contributed by atoms with van der Waals surface area (Å²) in [6.07, 6.45) is 1.66. The summed E-state index contributed by atoms with van der Waals surface area (Å²) < 4.78 is 3.72. The van der Waals surface area contributed by atoms with Gasteiger partial charge in [0.1, 0.15) is 0 Å². The zero-order valence-corrected chi connectivity index (χ0v) is 18.1. The molecule has 4 rings (SSSR count). The molecular weight excluding hydrogens is 446 g/mol. The van der Waals surface area contributed by atoms with E-state index in [4.69, 9.17) is 11.6 Å². The molecule has 0 saturated heterocycles. The van der Waals surface area contributed by atoms with E-state index in [-0.39, 0.29) is 30.9 Å². The molecule has 2 aromatic carbocycles. The van der Waals surface area contributed by atoms with Gasteiger partial charge in [0.25, 0.3) is 5.56 Å². The first-order valence-electron chi connectivity index (χ1n) is 10.1. The number of nitrogens with zero attached hydrogens (tertiary/aromatic N) is 4. The largest absolute Gasteiger partial charge is 0.395 e. The predicted octanol–water partition coefficient (Wildman–Crippen LogP) is 1.42. The molecule has 0 amide bonds. The van der Waals surface area contributed by atoms with Crippen molar-refractivity contribution in [2.75, 3.05) is 6.61 Å². The lowest BCUT2D eigenvalue weighted by molar-refractivity contribution is 0.268. The van der Waals surface area contributed by atoms with E-state index in [1.54, 1.807) is 66.9 Å². The van der Waals surface area contributed by atoms with Crippen molar-refractivity contribution in [3.63, 3.8) is 0 Å². The number of halogens is 1. The van der Waals surface area contributed by atoms with E-state index in [0.29, 0.717) is 16.4 Å². The van der Waals surface area contributed by atoms with Gasteiger partial charge >= 0.3 is 11.4 Å². The van der Waals surface area contributed by atoms with Crippen LogP contribution in [0.1, 0.15) is 5.56 Å². The molecular formula is C23H20ClN5O4. The van der Waals surface area contributed by atoms with Gasteiger partial charge in [0.2, 0.25) is 5.62 Å². The van der Waals surface area contributed by atoms with Crippen LogP contribution in [-0.2, 0) is 13.1 Å². The SMILES string of the molecule is O=c1ccccn1-c1ccc(/N=c2\[nH]c(=O)n(CCO)c(=O)n2Cc2ccc(Cl)cc2)cc1. The highest BCUT2D eigenvalue weighted by molar-refractivity contribution is 6.30. The molecule has 0 aliphatic heterocycles. The highest BCUT2D eigenvalue weighted by Gasteiger charge is 2.10. The van der Waals surface area contributed by atoms with Crippen LogP contribution < -0.4 is 22.6 Å². The van der Waals surface area contributed by atoms with Crippen molar-refractivity contribution < 1.29 is 5.11 Å². The van der Waals surface area contributed by atoms with Crippen LogP contribution in [0, 0.1) is 0 Å². The number of hydrogen-bond acceptors (Lipinski definition) is 5. The summed E-state index contributed by atoms with van der Waals surface area (Å²) in [5.41, 5.74) is 0.516. The lowest BCUT2D eigenvalue weighted by Gasteiger charge is -2.11. The van der Waals surface area contributed by atoms with Crippen LogP contribution in [0.5, 0.6) is 0 Å². The van der Waals surface area contributed by atoms with E-state index >= 15 is 0 Å². The van der Waals surface area contributed by atoms with E-state index in [1.807, 2.05) is 0 Å². The van der Waals surface area contributed by atoms with Crippen molar-refractivity contribution in [2.24, 2.45) is 4.99 Å². The Labute approximate surface area is 192 Å². The number of benzene rings is 2. The fourth-order valence-electron chi connectivity index (χ4n) is 3.30. The van der Waals surface area contributed by atoms with Gasteiger partial charge in [0, 0.05) is 23.0 Å². The number of aliphatic hydroxyl groups excluding tert-OH is 1. The second-order valence-electron chi connectivity index (χ2n) is 7.16. The third kappa shape index (κ3) is 4.94. The van der Waals surface area contributed by atoms with Crippen LogP contribution in [0.15, 0.2) is 92.3 Å². The maximum Gasteiger partial charge on any atom is 0.335 e. The Morgan fingerprint density at radius 2 is 1.64 bits per heavy atom.